The van der Waals surface area contributed by atoms with E-state index in [1.54, 1.807) is 30.6 Å². The van der Waals surface area contributed by atoms with Gasteiger partial charge in [0.05, 0.1) is 53.9 Å². The number of ether oxygens (including phenoxy) is 2. The number of carboxylic acid groups (broad SMARTS) is 1. The number of fused-ring (bicyclic) bond motifs is 2. The second-order valence-electron chi connectivity index (χ2n) is 9.76. The van der Waals surface area contributed by atoms with Gasteiger partial charge in [-0.3, -0.25) is 24.1 Å². The molecule has 2 aromatic heterocycles. The van der Waals surface area contributed by atoms with Crippen molar-refractivity contribution < 1.29 is 32.5 Å². The fourth-order valence-corrected chi connectivity index (χ4v) is 5.52. The lowest BCUT2D eigenvalue weighted by atomic mass is 10.0. The number of pyridine rings is 2. The third-order valence-corrected chi connectivity index (χ3v) is 7.43. The van der Waals surface area contributed by atoms with E-state index in [0.29, 0.717) is 62.0 Å². The fraction of sp³-hybridized carbons (Fsp3) is 0.250. The van der Waals surface area contributed by atoms with E-state index in [0.717, 1.165) is 17.5 Å². The summed E-state index contributed by atoms with van der Waals surface area (Å²) in [4.78, 5) is 22.7. The molecular weight excluding hydrogens is 553 g/mol. The van der Waals surface area contributed by atoms with E-state index >= 15 is 4.39 Å². The normalized spacial score (nSPS) is 15.8. The van der Waals surface area contributed by atoms with Gasteiger partial charge in [0.1, 0.15) is 11.6 Å². The summed E-state index contributed by atoms with van der Waals surface area (Å²) in [5, 5.41) is 12.9. The first-order valence-electron chi connectivity index (χ1n) is 12.9. The largest absolute Gasteiger partial charge is 0.492 e. The molecule has 2 aliphatic heterocycles. The Labute approximate surface area is 236 Å². The van der Waals surface area contributed by atoms with Crippen LogP contribution in [0.1, 0.15) is 21.5 Å². The molecular formula is C28H26FN5O6S. The van der Waals surface area contributed by atoms with Gasteiger partial charge in [-0.15, -0.1) is 0 Å². The van der Waals surface area contributed by atoms with Crippen molar-refractivity contribution in [3.8, 4) is 16.9 Å². The summed E-state index contributed by atoms with van der Waals surface area (Å²) in [6.07, 6.45) is 5.38. The minimum Gasteiger partial charge on any atom is -0.492 e. The van der Waals surface area contributed by atoms with Gasteiger partial charge in [-0.2, -0.15) is 0 Å². The van der Waals surface area contributed by atoms with E-state index in [1.165, 1.54) is 18.3 Å². The van der Waals surface area contributed by atoms with Crippen molar-refractivity contribution in [3.05, 3.63) is 71.4 Å². The molecule has 1 fully saturated rings. The van der Waals surface area contributed by atoms with E-state index < -0.39 is 23.1 Å². The third kappa shape index (κ3) is 5.70. The van der Waals surface area contributed by atoms with Gasteiger partial charge in [0.2, 0.25) is 0 Å². The summed E-state index contributed by atoms with van der Waals surface area (Å²) in [6, 6.07) is 7.83. The van der Waals surface area contributed by atoms with Gasteiger partial charge >= 0.3 is 5.97 Å². The molecule has 2 aliphatic rings. The number of rotatable bonds is 8. The average molecular weight is 580 g/mol. The number of carbonyl (C=O) groups is 1. The van der Waals surface area contributed by atoms with Crippen LogP contribution in [0.4, 0.5) is 21.5 Å². The maximum atomic E-state index is 15.9. The predicted octanol–water partition coefficient (Wildman–Crippen LogP) is 4.19. The molecule has 0 radical (unpaired) electrons. The van der Waals surface area contributed by atoms with E-state index in [9.17, 15) is 18.7 Å². The van der Waals surface area contributed by atoms with Gasteiger partial charge < -0.3 is 19.9 Å². The van der Waals surface area contributed by atoms with Gasteiger partial charge in [-0.25, -0.2) is 13.4 Å². The van der Waals surface area contributed by atoms with Crippen LogP contribution in [0.5, 0.6) is 5.75 Å². The smallest absolute Gasteiger partial charge is 0.335 e. The molecule has 0 amide bonds. The van der Waals surface area contributed by atoms with Gasteiger partial charge in [0.15, 0.2) is 0 Å². The Morgan fingerprint density at radius 3 is 2.71 bits per heavy atom. The Hall–Kier alpha value is -4.17. The SMILES string of the molecule is O=C(O)c1cc(CN2CCOCC2)cc(Nc2c(NS(=O)O)cnc3cc(-c4cncc5c4OCC5)cc(F)c23)c1. The monoisotopic (exact) mass is 579 g/mol. The molecule has 4 aromatic rings. The van der Waals surface area contributed by atoms with Gasteiger partial charge in [-0.1, -0.05) is 0 Å². The van der Waals surface area contributed by atoms with Crippen molar-refractivity contribution in [2.24, 2.45) is 0 Å². The second-order valence-corrected chi connectivity index (χ2v) is 10.5. The number of halogens is 1. The summed E-state index contributed by atoms with van der Waals surface area (Å²) in [5.41, 5.74) is 3.72. The predicted molar refractivity (Wildman–Crippen MR) is 151 cm³/mol. The summed E-state index contributed by atoms with van der Waals surface area (Å²) in [5.74, 6) is -1.10. The molecule has 4 heterocycles. The van der Waals surface area contributed by atoms with E-state index in [1.807, 2.05) is 0 Å². The lowest BCUT2D eigenvalue weighted by Crippen LogP contribution is -2.35. The summed E-state index contributed by atoms with van der Waals surface area (Å²) in [6.45, 7) is 3.63. The zero-order valence-electron chi connectivity index (χ0n) is 21.7. The molecule has 2 aromatic carbocycles. The van der Waals surface area contributed by atoms with Gasteiger partial charge in [-0.05, 0) is 41.5 Å². The number of aromatic carboxylic acids is 1. The highest BCUT2D eigenvalue weighted by atomic mass is 32.2. The number of hydrogen-bond acceptors (Lipinski definition) is 8. The van der Waals surface area contributed by atoms with E-state index in [2.05, 4.69) is 24.9 Å². The van der Waals surface area contributed by atoms with Crippen LogP contribution in [0.3, 0.4) is 0 Å². The first-order valence-corrected chi connectivity index (χ1v) is 14.0. The van der Waals surface area contributed by atoms with Crippen molar-refractivity contribution in [2.45, 2.75) is 13.0 Å². The summed E-state index contributed by atoms with van der Waals surface area (Å²) in [7, 11) is 0. The van der Waals surface area contributed by atoms with Gasteiger partial charge in [0, 0.05) is 55.3 Å². The summed E-state index contributed by atoms with van der Waals surface area (Å²) < 4.78 is 50.8. The van der Waals surface area contributed by atoms with Crippen molar-refractivity contribution >= 4 is 45.2 Å². The van der Waals surface area contributed by atoms with Crippen molar-refractivity contribution in [1.82, 2.24) is 14.9 Å². The van der Waals surface area contributed by atoms with Crippen LogP contribution in [-0.4, -0.2) is 67.6 Å². The molecule has 11 nitrogen and oxygen atoms in total. The van der Waals surface area contributed by atoms with Crippen LogP contribution >= 0.6 is 0 Å². The molecule has 4 N–H and O–H groups in total. The molecule has 0 bridgehead atoms. The Morgan fingerprint density at radius 2 is 1.93 bits per heavy atom. The molecule has 1 saturated heterocycles. The number of aromatic nitrogens is 2. The number of anilines is 3. The molecule has 13 heteroatoms. The molecule has 0 spiro atoms. The Balaban J connectivity index is 1.44. The van der Waals surface area contributed by atoms with Gasteiger partial charge in [0.25, 0.3) is 11.3 Å². The molecule has 0 saturated carbocycles. The van der Waals surface area contributed by atoms with Crippen LogP contribution in [0.25, 0.3) is 22.0 Å². The number of morpholine rings is 1. The Morgan fingerprint density at radius 1 is 1.10 bits per heavy atom. The number of benzene rings is 2. The highest BCUT2D eigenvalue weighted by Gasteiger charge is 2.22. The standard InChI is InChI=1S/C28H26FN5O6S/c29-22-10-18(21-13-30-12-17-1-4-40-27(17)21)11-23-25(22)26(24(14-31-23)33-41(37)38)32-20-8-16(7-19(9-20)28(35)36)15-34-2-5-39-6-3-34/h7-14,33H,1-6,15H2,(H,31,32)(H,35,36)(H,37,38). The number of nitrogens with zero attached hydrogens (tertiary/aromatic N) is 3. The van der Waals surface area contributed by atoms with Crippen molar-refractivity contribution in [1.29, 1.82) is 0 Å². The van der Waals surface area contributed by atoms with Crippen LogP contribution in [0.2, 0.25) is 0 Å². The van der Waals surface area contributed by atoms with E-state index in [4.69, 9.17) is 9.47 Å². The highest BCUT2D eigenvalue weighted by molar-refractivity contribution is 7.80. The number of hydrogen-bond donors (Lipinski definition) is 4. The molecule has 1 unspecified atom stereocenters. The lowest BCUT2D eigenvalue weighted by Gasteiger charge is -2.27. The minimum absolute atomic E-state index is 0.0463. The number of carboxylic acids is 1. The number of nitrogens with one attached hydrogen (secondary N) is 2. The third-order valence-electron chi connectivity index (χ3n) is 7.04. The molecule has 41 heavy (non-hydrogen) atoms. The second kappa shape index (κ2) is 11.4. The first kappa shape index (κ1) is 27.0. The van der Waals surface area contributed by atoms with Crippen LogP contribution in [-0.2, 0) is 29.0 Å². The molecule has 6 rings (SSSR count). The topological polar surface area (TPSA) is 146 Å². The fourth-order valence-electron chi connectivity index (χ4n) is 5.18. The molecule has 1 atom stereocenters. The van der Waals surface area contributed by atoms with Crippen molar-refractivity contribution in [2.75, 3.05) is 42.9 Å². The van der Waals surface area contributed by atoms with E-state index in [-0.39, 0.29) is 27.8 Å². The average Bonchev–Trinajstić information content (AvgIpc) is 3.43. The summed E-state index contributed by atoms with van der Waals surface area (Å²) >= 11 is -2.48. The molecule has 212 valence electrons. The quantitative estimate of drug-likeness (QED) is 0.224. The Bertz CT molecular complexity index is 1680. The van der Waals surface area contributed by atoms with Crippen LogP contribution in [0.15, 0.2) is 48.9 Å². The zero-order chi connectivity index (χ0) is 28.5. The minimum atomic E-state index is -2.48. The first-order chi connectivity index (χ1) is 19.9. The van der Waals surface area contributed by atoms with Crippen LogP contribution < -0.4 is 14.8 Å². The van der Waals surface area contributed by atoms with Crippen molar-refractivity contribution in [3.63, 3.8) is 0 Å². The molecule has 0 aliphatic carbocycles. The maximum absolute atomic E-state index is 15.9. The zero-order valence-corrected chi connectivity index (χ0v) is 22.5. The maximum Gasteiger partial charge on any atom is 0.335 e. The van der Waals surface area contributed by atoms with Crippen LogP contribution in [0, 0.1) is 5.82 Å². The Kier molecular flexibility index (Phi) is 7.49. The highest BCUT2D eigenvalue weighted by Crippen LogP contribution is 2.40. The lowest BCUT2D eigenvalue weighted by molar-refractivity contribution is 0.0341.